The Morgan fingerprint density at radius 2 is 2.05 bits per heavy atom. The summed E-state index contributed by atoms with van der Waals surface area (Å²) in [7, 11) is 1.89. The van der Waals surface area contributed by atoms with Crippen LogP contribution < -0.4 is 9.80 Å². The van der Waals surface area contributed by atoms with Crippen LogP contribution in [0, 0.1) is 0 Å². The van der Waals surface area contributed by atoms with Crippen LogP contribution in [0.4, 0.5) is 17.2 Å². The van der Waals surface area contributed by atoms with Gasteiger partial charge in [0.1, 0.15) is 12.3 Å². The molecule has 5 nitrogen and oxygen atoms in total. The van der Waals surface area contributed by atoms with Crippen molar-refractivity contribution in [3.05, 3.63) is 41.8 Å². The maximum Gasteiger partial charge on any atom is 0.224 e. The Hall–Kier alpha value is -2.14. The van der Waals surface area contributed by atoms with Gasteiger partial charge in [0, 0.05) is 12.7 Å². The molecule has 0 spiro atoms. The van der Waals surface area contributed by atoms with Gasteiger partial charge in [0.15, 0.2) is 5.82 Å². The molecule has 1 aliphatic rings. The number of anilines is 3. The van der Waals surface area contributed by atoms with Crippen molar-refractivity contribution >= 4 is 35.1 Å². The van der Waals surface area contributed by atoms with Crippen LogP contribution in [0.1, 0.15) is 13.3 Å². The number of hydrogen-bond donors (Lipinski definition) is 0. The van der Waals surface area contributed by atoms with Crippen molar-refractivity contribution in [2.45, 2.75) is 25.4 Å². The molecule has 2 unspecified atom stereocenters. The third-order valence-electron chi connectivity index (χ3n) is 4.09. The van der Waals surface area contributed by atoms with E-state index < -0.39 is 0 Å². The number of aromatic nitrogens is 2. The van der Waals surface area contributed by atoms with E-state index >= 15 is 0 Å². The van der Waals surface area contributed by atoms with Gasteiger partial charge in [-0.1, -0.05) is 25.1 Å². The SMILES string of the molecule is CCC1C(C=O)N(C)c2cnc(Cl)nc2N1c1ccccc1. The smallest absolute Gasteiger partial charge is 0.224 e. The van der Waals surface area contributed by atoms with E-state index in [9.17, 15) is 4.79 Å². The van der Waals surface area contributed by atoms with Crippen molar-refractivity contribution in [1.82, 2.24) is 9.97 Å². The molecule has 0 bridgehead atoms. The van der Waals surface area contributed by atoms with Gasteiger partial charge in [-0.2, -0.15) is 4.98 Å². The summed E-state index contributed by atoms with van der Waals surface area (Å²) in [5, 5.41) is 0.201. The monoisotopic (exact) mass is 316 g/mol. The summed E-state index contributed by atoms with van der Waals surface area (Å²) < 4.78 is 0. The van der Waals surface area contributed by atoms with Crippen LogP contribution in [0.3, 0.4) is 0 Å². The van der Waals surface area contributed by atoms with Crippen LogP contribution >= 0.6 is 11.6 Å². The van der Waals surface area contributed by atoms with E-state index in [4.69, 9.17) is 11.6 Å². The van der Waals surface area contributed by atoms with Crippen molar-refractivity contribution < 1.29 is 4.79 Å². The lowest BCUT2D eigenvalue weighted by Gasteiger charge is -2.45. The number of aldehydes is 1. The first-order valence-electron chi connectivity index (χ1n) is 7.22. The number of likely N-dealkylation sites (N-methyl/N-ethyl adjacent to an activating group) is 1. The summed E-state index contributed by atoms with van der Waals surface area (Å²) in [6, 6.07) is 9.65. The van der Waals surface area contributed by atoms with Crippen LogP contribution in [0.25, 0.3) is 0 Å². The molecule has 0 N–H and O–H groups in total. The predicted octanol–water partition coefficient (Wildman–Crippen LogP) is 3.06. The van der Waals surface area contributed by atoms with Crippen LogP contribution in [0.5, 0.6) is 0 Å². The first-order valence-corrected chi connectivity index (χ1v) is 7.60. The molecule has 0 radical (unpaired) electrons. The van der Waals surface area contributed by atoms with Gasteiger partial charge < -0.3 is 14.6 Å². The number of carbonyl (C=O) groups excluding carboxylic acids is 1. The number of halogens is 1. The Morgan fingerprint density at radius 3 is 2.68 bits per heavy atom. The highest BCUT2D eigenvalue weighted by Gasteiger charge is 2.38. The van der Waals surface area contributed by atoms with Crippen molar-refractivity contribution in [2.75, 3.05) is 16.8 Å². The minimum atomic E-state index is -0.262. The molecule has 0 fully saturated rings. The molecule has 2 aromatic rings. The fraction of sp³-hybridized carbons (Fsp3) is 0.312. The summed E-state index contributed by atoms with van der Waals surface area (Å²) in [6.07, 6.45) is 3.47. The number of nitrogens with zero attached hydrogens (tertiary/aromatic N) is 4. The average Bonchev–Trinajstić information content (AvgIpc) is 2.55. The zero-order chi connectivity index (χ0) is 15.7. The molecule has 3 rings (SSSR count). The van der Waals surface area contributed by atoms with E-state index in [1.807, 2.05) is 42.3 Å². The lowest BCUT2D eigenvalue weighted by atomic mass is 9.98. The summed E-state index contributed by atoms with van der Waals surface area (Å²) in [4.78, 5) is 24.1. The Labute approximate surface area is 134 Å². The highest BCUT2D eigenvalue weighted by Crippen LogP contribution is 2.41. The highest BCUT2D eigenvalue weighted by molar-refractivity contribution is 6.28. The molecule has 0 amide bonds. The van der Waals surface area contributed by atoms with Crippen molar-refractivity contribution in [3.8, 4) is 0 Å². The number of para-hydroxylation sites is 1. The molecular weight excluding hydrogens is 300 g/mol. The second kappa shape index (κ2) is 5.93. The lowest BCUT2D eigenvalue weighted by molar-refractivity contribution is -0.109. The summed E-state index contributed by atoms with van der Waals surface area (Å²) in [5.74, 6) is 0.735. The highest BCUT2D eigenvalue weighted by atomic mass is 35.5. The first kappa shape index (κ1) is 14.8. The molecule has 0 saturated heterocycles. The van der Waals surface area contributed by atoms with Crippen LogP contribution in [0.15, 0.2) is 36.5 Å². The Balaban J connectivity index is 2.22. The summed E-state index contributed by atoms with van der Waals surface area (Å²) >= 11 is 6.00. The molecule has 0 saturated carbocycles. The Bertz CT molecular complexity index is 679. The standard InChI is InChI=1S/C16H17ClN4O/c1-3-12-14(10-22)20(2)13-9-18-16(17)19-15(13)21(12)11-7-5-4-6-8-11/h4-10,12,14H,3H2,1-2H3. The maximum atomic E-state index is 11.7. The van der Waals surface area contributed by atoms with Gasteiger partial charge in [0.05, 0.1) is 17.9 Å². The zero-order valence-electron chi connectivity index (χ0n) is 12.5. The second-order valence-corrected chi connectivity index (χ2v) is 5.60. The third kappa shape index (κ3) is 2.31. The normalized spacial score (nSPS) is 20.7. The van der Waals surface area contributed by atoms with Crippen molar-refractivity contribution in [1.29, 1.82) is 0 Å². The number of hydrogen-bond acceptors (Lipinski definition) is 5. The van der Waals surface area contributed by atoms with Crippen LogP contribution in [0.2, 0.25) is 5.28 Å². The molecule has 0 aliphatic carbocycles. The van der Waals surface area contributed by atoms with E-state index in [2.05, 4.69) is 21.8 Å². The molecule has 1 aliphatic heterocycles. The molecule has 22 heavy (non-hydrogen) atoms. The van der Waals surface area contributed by atoms with Gasteiger partial charge in [-0.05, 0) is 30.2 Å². The molecule has 114 valence electrons. The lowest BCUT2D eigenvalue weighted by Crippen LogP contribution is -2.54. The molecule has 2 heterocycles. The first-order chi connectivity index (χ1) is 10.7. The van der Waals surface area contributed by atoms with E-state index in [1.54, 1.807) is 6.20 Å². The van der Waals surface area contributed by atoms with Crippen LogP contribution in [-0.2, 0) is 4.79 Å². The average molecular weight is 317 g/mol. The van der Waals surface area contributed by atoms with Gasteiger partial charge in [-0.15, -0.1) is 0 Å². The minimum absolute atomic E-state index is 0.0108. The Morgan fingerprint density at radius 1 is 1.32 bits per heavy atom. The van der Waals surface area contributed by atoms with Crippen molar-refractivity contribution in [2.24, 2.45) is 0 Å². The third-order valence-corrected chi connectivity index (χ3v) is 4.28. The largest absolute Gasteiger partial charge is 0.359 e. The van der Waals surface area contributed by atoms with Crippen LogP contribution in [-0.4, -0.2) is 35.4 Å². The topological polar surface area (TPSA) is 49.3 Å². The second-order valence-electron chi connectivity index (χ2n) is 5.27. The number of fused-ring (bicyclic) bond motifs is 1. The van der Waals surface area contributed by atoms with Crippen molar-refractivity contribution in [3.63, 3.8) is 0 Å². The predicted molar refractivity (Wildman–Crippen MR) is 88.0 cm³/mol. The summed E-state index contributed by atoms with van der Waals surface area (Å²) in [5.41, 5.74) is 1.79. The molecule has 1 aromatic heterocycles. The summed E-state index contributed by atoms with van der Waals surface area (Å²) in [6.45, 7) is 2.07. The van der Waals surface area contributed by atoms with Gasteiger partial charge in [0.2, 0.25) is 5.28 Å². The molecule has 2 atom stereocenters. The quantitative estimate of drug-likeness (QED) is 0.643. The molecular formula is C16H17ClN4O. The zero-order valence-corrected chi connectivity index (χ0v) is 13.2. The number of carbonyl (C=O) groups is 1. The van der Waals surface area contributed by atoms with Gasteiger partial charge in [-0.3, -0.25) is 0 Å². The van der Waals surface area contributed by atoms with E-state index in [0.29, 0.717) is 0 Å². The number of benzene rings is 1. The molecule has 1 aromatic carbocycles. The Kier molecular flexibility index (Phi) is 3.98. The van der Waals surface area contributed by atoms with Gasteiger partial charge in [0.25, 0.3) is 0 Å². The molecule has 6 heteroatoms. The maximum absolute atomic E-state index is 11.7. The number of rotatable bonds is 3. The van der Waals surface area contributed by atoms with Gasteiger partial charge >= 0.3 is 0 Å². The van der Waals surface area contributed by atoms with E-state index in [1.165, 1.54) is 0 Å². The fourth-order valence-electron chi connectivity index (χ4n) is 3.01. The minimum Gasteiger partial charge on any atom is -0.359 e. The fourth-order valence-corrected chi connectivity index (χ4v) is 3.14. The van der Waals surface area contributed by atoms with E-state index in [-0.39, 0.29) is 17.4 Å². The van der Waals surface area contributed by atoms with Gasteiger partial charge in [-0.25, -0.2) is 4.98 Å². The van der Waals surface area contributed by atoms with E-state index in [0.717, 1.165) is 29.9 Å².